The number of benzene rings is 1. The normalized spacial score (nSPS) is 15.8. The molecule has 1 aromatic carbocycles. The van der Waals surface area contributed by atoms with Crippen molar-refractivity contribution in [2.24, 2.45) is 4.99 Å². The molecule has 1 aliphatic heterocycles. The van der Waals surface area contributed by atoms with Gasteiger partial charge >= 0.3 is 0 Å². The number of halogens is 1. The van der Waals surface area contributed by atoms with Crippen LogP contribution in [0.4, 0.5) is 4.39 Å². The molecule has 0 saturated carbocycles. The zero-order valence-corrected chi connectivity index (χ0v) is 12.9. The first-order chi connectivity index (χ1) is 10.7. The van der Waals surface area contributed by atoms with Gasteiger partial charge in [0.2, 0.25) is 0 Å². The highest BCUT2D eigenvalue weighted by molar-refractivity contribution is 6.04. The van der Waals surface area contributed by atoms with E-state index in [-0.39, 0.29) is 11.6 Å². The van der Waals surface area contributed by atoms with E-state index in [9.17, 15) is 9.18 Å². The molecule has 1 aliphatic rings. The summed E-state index contributed by atoms with van der Waals surface area (Å²) in [5.74, 6) is -1.10. The summed E-state index contributed by atoms with van der Waals surface area (Å²) in [4.78, 5) is 17.9. The van der Waals surface area contributed by atoms with Crippen LogP contribution in [0.25, 0.3) is 0 Å². The molecule has 0 atom stereocenters. The highest BCUT2D eigenvalue weighted by Crippen LogP contribution is 2.05. The Kier molecular flexibility index (Phi) is 6.33. The second kappa shape index (κ2) is 8.48. The molecule has 0 spiro atoms. The largest absolute Gasteiger partial charge is 0.465 e. The van der Waals surface area contributed by atoms with Crippen molar-refractivity contribution in [1.82, 2.24) is 5.32 Å². The Labute approximate surface area is 130 Å². The van der Waals surface area contributed by atoms with Gasteiger partial charge in [-0.15, -0.1) is 0 Å². The fourth-order valence-corrected chi connectivity index (χ4v) is 2.51. The van der Waals surface area contributed by atoms with E-state index in [2.05, 4.69) is 10.3 Å². The molecular formula is C16H23FN3O2+. The molecule has 120 valence electrons. The van der Waals surface area contributed by atoms with Gasteiger partial charge in [-0.25, -0.2) is 9.38 Å². The highest BCUT2D eigenvalue weighted by atomic mass is 19.1. The Balaban J connectivity index is 1.92. The number of nitrogens with one attached hydrogen (secondary N) is 2. The minimum atomic E-state index is -0.558. The summed E-state index contributed by atoms with van der Waals surface area (Å²) in [7, 11) is 0. The van der Waals surface area contributed by atoms with Crippen molar-refractivity contribution in [3.05, 3.63) is 35.6 Å². The smallest absolute Gasteiger partial charge is 0.291 e. The van der Waals surface area contributed by atoms with Crippen LogP contribution >= 0.6 is 0 Å². The van der Waals surface area contributed by atoms with Gasteiger partial charge in [-0.2, -0.15) is 0 Å². The minimum Gasteiger partial charge on any atom is -0.465 e. The number of ether oxygens (including phenoxy) is 1. The topological polar surface area (TPSA) is 55.1 Å². The SMILES string of the molecule is CCOC(=NCC[NH+]1CCCC1)NC(=O)c1ccccc1F. The second-order valence-corrected chi connectivity index (χ2v) is 5.26. The molecule has 0 aromatic heterocycles. The number of carbonyl (C=O) groups excluding carboxylic acids is 1. The molecule has 22 heavy (non-hydrogen) atoms. The molecule has 2 rings (SSSR count). The van der Waals surface area contributed by atoms with Gasteiger partial charge in [0, 0.05) is 12.8 Å². The standard InChI is InChI=1S/C16H22FN3O2/c1-2-22-16(18-9-12-20-10-5-6-11-20)19-15(21)13-7-3-4-8-14(13)17/h3-4,7-8H,2,5-6,9-12H2,1H3,(H,18,19,21)/p+1. The van der Waals surface area contributed by atoms with Crippen molar-refractivity contribution < 1.29 is 18.8 Å². The Hall–Kier alpha value is -1.95. The molecular weight excluding hydrogens is 285 g/mol. The lowest BCUT2D eigenvalue weighted by Gasteiger charge is -2.12. The number of likely N-dealkylation sites (tertiary alicyclic amines) is 1. The van der Waals surface area contributed by atoms with E-state index < -0.39 is 11.7 Å². The Morgan fingerprint density at radius 1 is 1.36 bits per heavy atom. The van der Waals surface area contributed by atoms with Crippen molar-refractivity contribution in [3.8, 4) is 0 Å². The number of rotatable bonds is 5. The lowest BCUT2D eigenvalue weighted by Crippen LogP contribution is -3.10. The number of quaternary nitrogens is 1. The fourth-order valence-electron chi connectivity index (χ4n) is 2.51. The lowest BCUT2D eigenvalue weighted by molar-refractivity contribution is -0.885. The van der Waals surface area contributed by atoms with Gasteiger partial charge in [-0.05, 0) is 19.1 Å². The number of aliphatic imine (C=N–C) groups is 1. The van der Waals surface area contributed by atoms with E-state index in [4.69, 9.17) is 4.74 Å². The lowest BCUT2D eigenvalue weighted by atomic mass is 10.2. The first kappa shape index (κ1) is 16.4. The molecule has 0 bridgehead atoms. The molecule has 1 amide bonds. The first-order valence-electron chi connectivity index (χ1n) is 7.77. The zero-order chi connectivity index (χ0) is 15.8. The van der Waals surface area contributed by atoms with Crippen molar-refractivity contribution in [3.63, 3.8) is 0 Å². The minimum absolute atomic E-state index is 0.0138. The van der Waals surface area contributed by atoms with E-state index >= 15 is 0 Å². The van der Waals surface area contributed by atoms with Crippen LogP contribution in [0, 0.1) is 5.82 Å². The summed E-state index contributed by atoms with van der Waals surface area (Å²) in [5.41, 5.74) is -0.0138. The maximum absolute atomic E-state index is 13.6. The molecule has 0 unspecified atom stereocenters. The molecule has 0 radical (unpaired) electrons. The summed E-state index contributed by atoms with van der Waals surface area (Å²) in [6, 6.07) is 6.01. The van der Waals surface area contributed by atoms with Gasteiger partial charge in [-0.1, -0.05) is 12.1 Å². The van der Waals surface area contributed by atoms with Crippen molar-refractivity contribution >= 4 is 11.9 Å². The van der Waals surface area contributed by atoms with E-state index in [0.29, 0.717) is 13.2 Å². The van der Waals surface area contributed by atoms with Crippen molar-refractivity contribution in [2.75, 3.05) is 32.8 Å². The third-order valence-corrected chi connectivity index (χ3v) is 3.65. The summed E-state index contributed by atoms with van der Waals surface area (Å²) in [6.45, 7) is 6.08. The number of hydrogen-bond acceptors (Lipinski definition) is 3. The van der Waals surface area contributed by atoms with Gasteiger partial charge < -0.3 is 9.64 Å². The van der Waals surface area contributed by atoms with Crippen LogP contribution in [0.15, 0.2) is 29.3 Å². The van der Waals surface area contributed by atoms with Crippen LogP contribution in [-0.2, 0) is 4.74 Å². The Morgan fingerprint density at radius 2 is 2.09 bits per heavy atom. The van der Waals surface area contributed by atoms with Crippen molar-refractivity contribution in [2.45, 2.75) is 19.8 Å². The van der Waals surface area contributed by atoms with Crippen LogP contribution in [0.2, 0.25) is 0 Å². The predicted molar refractivity (Wildman–Crippen MR) is 82.6 cm³/mol. The summed E-state index contributed by atoms with van der Waals surface area (Å²) >= 11 is 0. The first-order valence-corrected chi connectivity index (χ1v) is 7.77. The van der Waals surface area contributed by atoms with Gasteiger partial charge in [0.05, 0.1) is 38.3 Å². The van der Waals surface area contributed by atoms with Crippen LogP contribution in [0.5, 0.6) is 0 Å². The van der Waals surface area contributed by atoms with E-state index in [0.717, 1.165) is 6.54 Å². The number of amides is 1. The second-order valence-electron chi connectivity index (χ2n) is 5.26. The number of nitrogens with zero attached hydrogens (tertiary/aromatic N) is 1. The highest BCUT2D eigenvalue weighted by Gasteiger charge is 2.16. The van der Waals surface area contributed by atoms with E-state index in [1.54, 1.807) is 12.1 Å². The third-order valence-electron chi connectivity index (χ3n) is 3.65. The predicted octanol–water partition coefficient (Wildman–Crippen LogP) is 0.627. The maximum Gasteiger partial charge on any atom is 0.291 e. The van der Waals surface area contributed by atoms with Gasteiger partial charge in [-0.3, -0.25) is 10.1 Å². The fraction of sp³-hybridized carbons (Fsp3) is 0.500. The molecule has 1 aromatic rings. The molecule has 1 heterocycles. The van der Waals surface area contributed by atoms with E-state index in [1.165, 1.54) is 43.0 Å². The molecule has 6 heteroatoms. The average Bonchev–Trinajstić information content (AvgIpc) is 3.01. The van der Waals surface area contributed by atoms with Gasteiger partial charge in [0.15, 0.2) is 0 Å². The Bertz CT molecular complexity index is 528. The summed E-state index contributed by atoms with van der Waals surface area (Å²) < 4.78 is 18.9. The van der Waals surface area contributed by atoms with E-state index in [1.807, 2.05) is 6.92 Å². The van der Waals surface area contributed by atoms with Crippen LogP contribution in [0.1, 0.15) is 30.1 Å². The van der Waals surface area contributed by atoms with Gasteiger partial charge in [0.25, 0.3) is 11.9 Å². The molecule has 1 fully saturated rings. The maximum atomic E-state index is 13.6. The molecule has 5 nitrogen and oxygen atoms in total. The summed E-state index contributed by atoms with van der Waals surface area (Å²) in [6.07, 6.45) is 2.53. The monoisotopic (exact) mass is 308 g/mol. The molecule has 1 saturated heterocycles. The van der Waals surface area contributed by atoms with Crippen LogP contribution in [0.3, 0.4) is 0 Å². The van der Waals surface area contributed by atoms with Crippen LogP contribution in [-0.4, -0.2) is 44.7 Å². The van der Waals surface area contributed by atoms with Crippen LogP contribution < -0.4 is 10.2 Å². The number of hydrogen-bond donors (Lipinski definition) is 2. The quantitative estimate of drug-likeness (QED) is 0.619. The average molecular weight is 308 g/mol. The molecule has 2 N–H and O–H groups in total. The molecule has 0 aliphatic carbocycles. The number of carbonyl (C=O) groups is 1. The third kappa shape index (κ3) is 4.80. The van der Waals surface area contributed by atoms with Gasteiger partial charge in [0.1, 0.15) is 5.82 Å². The van der Waals surface area contributed by atoms with Crippen molar-refractivity contribution in [1.29, 1.82) is 0 Å². The number of amidine groups is 1. The summed E-state index contributed by atoms with van der Waals surface area (Å²) in [5, 5.41) is 2.54. The zero-order valence-electron chi connectivity index (χ0n) is 12.9. The Morgan fingerprint density at radius 3 is 2.77 bits per heavy atom.